The normalized spacial score (nSPS) is 11.3. The van der Waals surface area contributed by atoms with E-state index in [1.807, 2.05) is 19.1 Å². The number of rotatable bonds is 7. The molecule has 9 heteroatoms. The number of aryl methyl sites for hydroxylation is 1. The zero-order valence-electron chi connectivity index (χ0n) is 15.6. The molecule has 28 heavy (non-hydrogen) atoms. The summed E-state index contributed by atoms with van der Waals surface area (Å²) in [4.78, 5) is 0.0510. The third-order valence-corrected chi connectivity index (χ3v) is 5.74. The van der Waals surface area contributed by atoms with Crippen LogP contribution in [0.25, 0.3) is 0 Å². The lowest BCUT2D eigenvalue weighted by molar-refractivity contribution is 0.354. The third-order valence-electron chi connectivity index (χ3n) is 4.13. The Morgan fingerprint density at radius 3 is 2.36 bits per heavy atom. The van der Waals surface area contributed by atoms with Crippen molar-refractivity contribution in [2.45, 2.75) is 18.4 Å². The van der Waals surface area contributed by atoms with Gasteiger partial charge < -0.3 is 9.47 Å². The van der Waals surface area contributed by atoms with E-state index in [-0.39, 0.29) is 10.7 Å². The number of aromatic nitrogens is 2. The highest BCUT2D eigenvalue weighted by Crippen LogP contribution is 2.30. The van der Waals surface area contributed by atoms with Gasteiger partial charge in [-0.15, -0.1) is 0 Å². The van der Waals surface area contributed by atoms with Gasteiger partial charge in [-0.2, -0.15) is 5.10 Å². The summed E-state index contributed by atoms with van der Waals surface area (Å²) in [6.07, 6.45) is 0. The average molecular weight is 422 g/mol. The Balaban J connectivity index is 1.82. The van der Waals surface area contributed by atoms with E-state index in [0.717, 1.165) is 11.3 Å². The minimum atomic E-state index is -3.83. The van der Waals surface area contributed by atoms with Crippen LogP contribution in [-0.2, 0) is 16.6 Å². The molecule has 0 aliphatic heterocycles. The number of methoxy groups -OCH3 is 2. The summed E-state index contributed by atoms with van der Waals surface area (Å²) in [5.41, 5.74) is 1.82. The molecule has 1 heterocycles. The number of sulfonamides is 1. The Labute approximate surface area is 168 Å². The second-order valence-corrected chi connectivity index (χ2v) is 8.20. The van der Waals surface area contributed by atoms with Crippen molar-refractivity contribution in [3.63, 3.8) is 0 Å². The second kappa shape index (κ2) is 8.12. The van der Waals surface area contributed by atoms with Crippen LogP contribution < -0.4 is 14.2 Å². The summed E-state index contributed by atoms with van der Waals surface area (Å²) in [6.45, 7) is 2.36. The molecule has 7 nitrogen and oxygen atoms in total. The van der Waals surface area contributed by atoms with Gasteiger partial charge in [0.1, 0.15) is 0 Å². The fourth-order valence-corrected chi connectivity index (χ4v) is 3.79. The quantitative estimate of drug-likeness (QED) is 0.628. The molecule has 3 rings (SSSR count). The Kier molecular flexibility index (Phi) is 5.81. The number of hydrogen-bond acceptors (Lipinski definition) is 5. The molecule has 0 atom stereocenters. The lowest BCUT2D eigenvalue weighted by atomic mass is 10.2. The van der Waals surface area contributed by atoms with Crippen LogP contribution in [0, 0.1) is 6.92 Å². The molecule has 0 bridgehead atoms. The first kappa shape index (κ1) is 20.0. The summed E-state index contributed by atoms with van der Waals surface area (Å²) in [5.74, 6) is 1.01. The van der Waals surface area contributed by atoms with E-state index in [2.05, 4.69) is 9.82 Å². The Morgan fingerprint density at radius 1 is 1.04 bits per heavy atom. The molecule has 0 amide bonds. The third kappa shape index (κ3) is 4.40. The van der Waals surface area contributed by atoms with Crippen molar-refractivity contribution in [3.8, 4) is 11.5 Å². The van der Waals surface area contributed by atoms with E-state index in [4.69, 9.17) is 21.1 Å². The molecular weight excluding hydrogens is 402 g/mol. The topological polar surface area (TPSA) is 82.5 Å². The maximum atomic E-state index is 12.7. The summed E-state index contributed by atoms with van der Waals surface area (Å²) < 4.78 is 40.0. The molecule has 1 N–H and O–H groups in total. The molecule has 0 aliphatic rings. The van der Waals surface area contributed by atoms with Crippen LogP contribution in [0.3, 0.4) is 0 Å². The smallest absolute Gasteiger partial charge is 0.263 e. The summed E-state index contributed by atoms with van der Waals surface area (Å²) in [6, 6.07) is 13.5. The molecule has 3 aromatic rings. The number of hydrogen-bond donors (Lipinski definition) is 1. The van der Waals surface area contributed by atoms with Crippen LogP contribution >= 0.6 is 11.6 Å². The first-order chi connectivity index (χ1) is 13.3. The van der Waals surface area contributed by atoms with Crippen LogP contribution in [0.5, 0.6) is 11.5 Å². The zero-order valence-corrected chi connectivity index (χ0v) is 17.2. The fraction of sp³-hybridized carbons (Fsp3) is 0.211. The SMILES string of the molecule is COc1ccc(S(=O)(=O)Nc2cc(C)n(Cc3ccc(Cl)cc3)n2)cc1OC. The minimum absolute atomic E-state index is 0.0510. The number of nitrogens with zero attached hydrogens (tertiary/aromatic N) is 2. The van der Waals surface area contributed by atoms with Gasteiger partial charge in [0.25, 0.3) is 10.0 Å². The molecule has 2 aromatic carbocycles. The standard InChI is InChI=1S/C19H20ClN3O4S/c1-13-10-19(21-23(13)12-14-4-6-15(20)7-5-14)22-28(24,25)16-8-9-17(26-2)18(11-16)27-3/h4-11H,12H2,1-3H3,(H,21,22). The lowest BCUT2D eigenvalue weighted by Gasteiger charge is -2.10. The number of nitrogens with one attached hydrogen (secondary N) is 1. The van der Waals surface area contributed by atoms with Gasteiger partial charge in [-0.25, -0.2) is 8.42 Å². The summed E-state index contributed by atoms with van der Waals surface area (Å²) in [7, 11) is -0.897. The summed E-state index contributed by atoms with van der Waals surface area (Å²) >= 11 is 5.91. The highest BCUT2D eigenvalue weighted by Gasteiger charge is 2.19. The van der Waals surface area contributed by atoms with Crippen LogP contribution in [0.2, 0.25) is 5.02 Å². The maximum absolute atomic E-state index is 12.7. The van der Waals surface area contributed by atoms with Crippen molar-refractivity contribution in [3.05, 3.63) is 64.8 Å². The Bertz CT molecular complexity index is 1080. The largest absolute Gasteiger partial charge is 0.493 e. The molecule has 0 saturated heterocycles. The van der Waals surface area contributed by atoms with Gasteiger partial charge in [-0.3, -0.25) is 9.40 Å². The zero-order chi connectivity index (χ0) is 20.3. The van der Waals surface area contributed by atoms with Gasteiger partial charge in [-0.1, -0.05) is 23.7 Å². The predicted octanol–water partition coefficient (Wildman–Crippen LogP) is 3.71. The first-order valence-corrected chi connectivity index (χ1v) is 10.2. The fourth-order valence-electron chi connectivity index (χ4n) is 2.66. The molecule has 0 unspecified atom stereocenters. The minimum Gasteiger partial charge on any atom is -0.493 e. The lowest BCUT2D eigenvalue weighted by Crippen LogP contribution is -2.14. The van der Waals surface area contributed by atoms with Gasteiger partial charge in [0.2, 0.25) is 0 Å². The second-order valence-electron chi connectivity index (χ2n) is 6.08. The van der Waals surface area contributed by atoms with Gasteiger partial charge in [0.15, 0.2) is 17.3 Å². The van der Waals surface area contributed by atoms with E-state index in [0.29, 0.717) is 23.1 Å². The molecule has 0 radical (unpaired) electrons. The van der Waals surface area contributed by atoms with Gasteiger partial charge in [-0.05, 0) is 36.8 Å². The average Bonchev–Trinajstić information content (AvgIpc) is 3.01. The van der Waals surface area contributed by atoms with Gasteiger partial charge >= 0.3 is 0 Å². The molecule has 0 spiro atoms. The number of benzene rings is 2. The number of anilines is 1. The highest BCUT2D eigenvalue weighted by atomic mass is 35.5. The van der Waals surface area contributed by atoms with Crippen molar-refractivity contribution < 1.29 is 17.9 Å². The first-order valence-electron chi connectivity index (χ1n) is 8.36. The monoisotopic (exact) mass is 421 g/mol. The molecular formula is C19H20ClN3O4S. The molecule has 0 fully saturated rings. The molecule has 0 aliphatic carbocycles. The molecule has 148 valence electrons. The molecule has 0 saturated carbocycles. The molecule has 1 aromatic heterocycles. The van der Waals surface area contributed by atoms with E-state index in [1.54, 1.807) is 22.9 Å². The van der Waals surface area contributed by atoms with Crippen LogP contribution in [0.15, 0.2) is 53.4 Å². The van der Waals surface area contributed by atoms with Crippen molar-refractivity contribution in [2.75, 3.05) is 18.9 Å². The van der Waals surface area contributed by atoms with Gasteiger partial charge in [0, 0.05) is 22.8 Å². The van der Waals surface area contributed by atoms with E-state index in [1.165, 1.54) is 32.4 Å². The Morgan fingerprint density at radius 2 is 1.71 bits per heavy atom. The predicted molar refractivity (Wildman–Crippen MR) is 108 cm³/mol. The van der Waals surface area contributed by atoms with Crippen molar-refractivity contribution >= 4 is 27.4 Å². The van der Waals surface area contributed by atoms with Crippen molar-refractivity contribution in [1.82, 2.24) is 9.78 Å². The number of ether oxygens (including phenoxy) is 2. The van der Waals surface area contributed by atoms with E-state index < -0.39 is 10.0 Å². The van der Waals surface area contributed by atoms with Crippen LogP contribution in [0.1, 0.15) is 11.3 Å². The van der Waals surface area contributed by atoms with E-state index in [9.17, 15) is 8.42 Å². The van der Waals surface area contributed by atoms with Gasteiger partial charge in [0.05, 0.1) is 25.7 Å². The number of halogens is 1. The van der Waals surface area contributed by atoms with Crippen LogP contribution in [-0.4, -0.2) is 32.4 Å². The van der Waals surface area contributed by atoms with E-state index >= 15 is 0 Å². The van der Waals surface area contributed by atoms with Crippen molar-refractivity contribution in [1.29, 1.82) is 0 Å². The Hall–Kier alpha value is -2.71. The summed E-state index contributed by atoms with van der Waals surface area (Å²) in [5, 5.41) is 5.01. The van der Waals surface area contributed by atoms with Crippen molar-refractivity contribution in [2.24, 2.45) is 0 Å². The highest BCUT2D eigenvalue weighted by molar-refractivity contribution is 7.92. The maximum Gasteiger partial charge on any atom is 0.263 e. The van der Waals surface area contributed by atoms with Crippen LogP contribution in [0.4, 0.5) is 5.82 Å².